The molecule has 0 saturated carbocycles. The van der Waals surface area contributed by atoms with Crippen molar-refractivity contribution in [3.05, 3.63) is 23.8 Å². The Labute approximate surface area is 146 Å². The Morgan fingerprint density at radius 2 is 2.08 bits per heavy atom. The predicted molar refractivity (Wildman–Crippen MR) is 88.9 cm³/mol. The molecule has 1 aliphatic rings. The summed E-state index contributed by atoms with van der Waals surface area (Å²) in [6.45, 7) is 7.71. The average Bonchev–Trinajstić information content (AvgIpc) is 2.45. The van der Waals surface area contributed by atoms with E-state index in [1.807, 2.05) is 6.92 Å². The maximum Gasteiger partial charge on any atom is 0.573 e. The van der Waals surface area contributed by atoms with Crippen LogP contribution in [-0.4, -0.2) is 43.5 Å². The van der Waals surface area contributed by atoms with Crippen LogP contribution in [0, 0.1) is 0 Å². The lowest BCUT2D eigenvalue weighted by atomic mass is 10.1. The number of hydrogen-bond acceptors (Lipinski definition) is 4. The summed E-state index contributed by atoms with van der Waals surface area (Å²) in [5.41, 5.74) is 0.717. The minimum atomic E-state index is -4.69. The number of nitrogens with one attached hydrogen (secondary N) is 1. The SMILES string of the molecule is CCCOc1ccc(OC(F)(F)F)cc1CN1CCN[C@@H](C)C1.Cl. The van der Waals surface area contributed by atoms with Gasteiger partial charge in [-0.25, -0.2) is 0 Å². The van der Waals surface area contributed by atoms with E-state index >= 15 is 0 Å². The summed E-state index contributed by atoms with van der Waals surface area (Å²) in [5, 5.41) is 3.34. The van der Waals surface area contributed by atoms with Crippen molar-refractivity contribution in [2.24, 2.45) is 0 Å². The molecule has 1 heterocycles. The molecule has 24 heavy (non-hydrogen) atoms. The quantitative estimate of drug-likeness (QED) is 0.832. The van der Waals surface area contributed by atoms with E-state index in [1.165, 1.54) is 12.1 Å². The van der Waals surface area contributed by atoms with Crippen molar-refractivity contribution in [1.82, 2.24) is 10.2 Å². The number of alkyl halides is 3. The summed E-state index contributed by atoms with van der Waals surface area (Å²) < 4.78 is 46.9. The Morgan fingerprint density at radius 1 is 1.33 bits per heavy atom. The second kappa shape index (κ2) is 9.34. The van der Waals surface area contributed by atoms with E-state index in [1.54, 1.807) is 6.07 Å². The van der Waals surface area contributed by atoms with Crippen LogP contribution in [0.2, 0.25) is 0 Å². The Bertz CT molecular complexity index is 515. The Morgan fingerprint density at radius 3 is 2.71 bits per heavy atom. The first-order valence-electron chi connectivity index (χ1n) is 7.84. The monoisotopic (exact) mass is 368 g/mol. The van der Waals surface area contributed by atoms with Crippen molar-refractivity contribution in [2.75, 3.05) is 26.2 Å². The van der Waals surface area contributed by atoms with E-state index in [9.17, 15) is 13.2 Å². The molecule has 4 nitrogen and oxygen atoms in total. The van der Waals surface area contributed by atoms with Crippen molar-refractivity contribution in [3.63, 3.8) is 0 Å². The van der Waals surface area contributed by atoms with Gasteiger partial charge in [-0.05, 0) is 31.5 Å². The molecule has 0 spiro atoms. The van der Waals surface area contributed by atoms with Crippen molar-refractivity contribution in [2.45, 2.75) is 39.2 Å². The van der Waals surface area contributed by atoms with E-state index in [2.05, 4.69) is 21.9 Å². The lowest BCUT2D eigenvalue weighted by Gasteiger charge is -2.32. The highest BCUT2D eigenvalue weighted by molar-refractivity contribution is 5.85. The summed E-state index contributed by atoms with van der Waals surface area (Å²) in [7, 11) is 0. The van der Waals surface area contributed by atoms with Crippen LogP contribution in [0.1, 0.15) is 25.8 Å². The molecule has 1 aromatic rings. The minimum Gasteiger partial charge on any atom is -0.493 e. The zero-order valence-corrected chi connectivity index (χ0v) is 14.7. The van der Waals surface area contributed by atoms with Crippen molar-refractivity contribution >= 4 is 12.4 Å². The molecule has 138 valence electrons. The van der Waals surface area contributed by atoms with Crippen LogP contribution < -0.4 is 14.8 Å². The van der Waals surface area contributed by atoms with Gasteiger partial charge in [-0.1, -0.05) is 6.92 Å². The molecule has 8 heteroatoms. The fourth-order valence-corrected chi connectivity index (χ4v) is 2.63. The number of hydrogen-bond donors (Lipinski definition) is 1. The standard InChI is InChI=1S/C16H23F3N2O2.ClH/c1-3-8-22-15-5-4-14(23-16(17,18)19)9-13(15)11-21-7-6-20-12(2)10-21;/h4-5,9,12,20H,3,6-8,10-11H2,1-2H3;1H/t12-;/m0./s1. The zero-order chi connectivity index (χ0) is 16.9. The largest absolute Gasteiger partial charge is 0.573 e. The van der Waals surface area contributed by atoms with E-state index in [0.29, 0.717) is 30.5 Å². The van der Waals surface area contributed by atoms with Crippen molar-refractivity contribution in [1.29, 1.82) is 0 Å². The molecular formula is C16H24ClF3N2O2. The maximum atomic E-state index is 12.4. The van der Waals surface area contributed by atoms with E-state index in [0.717, 1.165) is 26.1 Å². The van der Waals surface area contributed by atoms with Crippen LogP contribution in [0.25, 0.3) is 0 Å². The molecule has 1 N–H and O–H groups in total. The first-order valence-corrected chi connectivity index (χ1v) is 7.84. The molecule has 0 aliphatic carbocycles. The number of rotatable bonds is 6. The molecular weight excluding hydrogens is 345 g/mol. The third-order valence-electron chi connectivity index (χ3n) is 3.57. The van der Waals surface area contributed by atoms with Crippen LogP contribution >= 0.6 is 12.4 Å². The van der Waals surface area contributed by atoms with Gasteiger partial charge >= 0.3 is 6.36 Å². The Balaban J connectivity index is 0.00000288. The fraction of sp³-hybridized carbons (Fsp3) is 0.625. The summed E-state index contributed by atoms with van der Waals surface area (Å²) in [6.07, 6.45) is -3.85. The number of ether oxygens (including phenoxy) is 2. The van der Waals surface area contributed by atoms with Crippen LogP contribution in [0.3, 0.4) is 0 Å². The van der Waals surface area contributed by atoms with Gasteiger partial charge in [0.15, 0.2) is 0 Å². The number of piperazine rings is 1. The predicted octanol–water partition coefficient (Wildman–Crippen LogP) is 3.59. The van der Waals surface area contributed by atoms with Crippen LogP contribution in [0.4, 0.5) is 13.2 Å². The normalized spacial score (nSPS) is 18.8. The van der Waals surface area contributed by atoms with Gasteiger partial charge < -0.3 is 14.8 Å². The highest BCUT2D eigenvalue weighted by Crippen LogP contribution is 2.29. The first-order chi connectivity index (χ1) is 10.9. The van der Waals surface area contributed by atoms with Crippen molar-refractivity contribution < 1.29 is 22.6 Å². The van der Waals surface area contributed by atoms with Gasteiger partial charge in [0.25, 0.3) is 0 Å². The minimum absolute atomic E-state index is 0. The molecule has 1 atom stereocenters. The molecule has 1 aromatic carbocycles. The van der Waals surface area contributed by atoms with Gasteiger partial charge in [-0.2, -0.15) is 0 Å². The van der Waals surface area contributed by atoms with E-state index in [4.69, 9.17) is 4.74 Å². The summed E-state index contributed by atoms with van der Waals surface area (Å²) in [6, 6.07) is 4.63. The number of halogens is 4. The van der Waals surface area contributed by atoms with Gasteiger partial charge in [-0.15, -0.1) is 25.6 Å². The number of nitrogens with zero attached hydrogens (tertiary/aromatic N) is 1. The van der Waals surface area contributed by atoms with Crippen LogP contribution in [0.5, 0.6) is 11.5 Å². The maximum absolute atomic E-state index is 12.4. The summed E-state index contributed by atoms with van der Waals surface area (Å²) in [5.74, 6) is 0.409. The Kier molecular flexibility index (Phi) is 8.12. The molecule has 1 fully saturated rings. The highest BCUT2D eigenvalue weighted by Gasteiger charge is 2.31. The van der Waals surface area contributed by atoms with E-state index in [-0.39, 0.29) is 18.2 Å². The van der Waals surface area contributed by atoms with Crippen LogP contribution in [0.15, 0.2) is 18.2 Å². The molecule has 1 saturated heterocycles. The fourth-order valence-electron chi connectivity index (χ4n) is 2.63. The van der Waals surface area contributed by atoms with E-state index < -0.39 is 6.36 Å². The topological polar surface area (TPSA) is 33.7 Å². The second-order valence-electron chi connectivity index (χ2n) is 5.76. The third kappa shape index (κ3) is 6.75. The lowest BCUT2D eigenvalue weighted by molar-refractivity contribution is -0.274. The van der Waals surface area contributed by atoms with Gasteiger partial charge in [0, 0.05) is 37.8 Å². The molecule has 0 unspecified atom stereocenters. The molecule has 0 bridgehead atoms. The van der Waals surface area contributed by atoms with Gasteiger partial charge in [0.1, 0.15) is 11.5 Å². The zero-order valence-electron chi connectivity index (χ0n) is 13.9. The first kappa shape index (κ1) is 20.9. The van der Waals surface area contributed by atoms with Gasteiger partial charge in [0.2, 0.25) is 0 Å². The molecule has 1 aliphatic heterocycles. The second-order valence-corrected chi connectivity index (χ2v) is 5.76. The summed E-state index contributed by atoms with van der Waals surface area (Å²) >= 11 is 0. The summed E-state index contributed by atoms with van der Waals surface area (Å²) in [4.78, 5) is 2.20. The van der Waals surface area contributed by atoms with Crippen molar-refractivity contribution in [3.8, 4) is 11.5 Å². The molecule has 0 radical (unpaired) electrons. The highest BCUT2D eigenvalue weighted by atomic mass is 35.5. The lowest BCUT2D eigenvalue weighted by Crippen LogP contribution is -2.48. The molecule has 0 aromatic heterocycles. The van der Waals surface area contributed by atoms with Crippen LogP contribution in [-0.2, 0) is 6.54 Å². The van der Waals surface area contributed by atoms with Gasteiger partial charge in [-0.3, -0.25) is 4.90 Å². The van der Waals surface area contributed by atoms with Gasteiger partial charge in [0.05, 0.1) is 6.61 Å². The smallest absolute Gasteiger partial charge is 0.493 e. The molecule has 0 amide bonds. The average molecular weight is 369 g/mol. The Hall–Kier alpha value is -1.18. The third-order valence-corrected chi connectivity index (χ3v) is 3.57. The number of benzene rings is 1. The molecule has 2 rings (SSSR count).